The molecule has 1 saturated carbocycles. The SMILES string of the molecule is Cc1ccc([C@@H]2CN([C@H](C)c3nnnn3C3CCCCC3)CCO2)o1. The molecule has 0 bridgehead atoms. The van der Waals surface area contributed by atoms with Crippen LogP contribution in [0.25, 0.3) is 0 Å². The van der Waals surface area contributed by atoms with Crippen LogP contribution in [0.1, 0.15) is 74.6 Å². The first-order chi connectivity index (χ1) is 12.2. The van der Waals surface area contributed by atoms with Crippen molar-refractivity contribution in [3.05, 3.63) is 29.5 Å². The Balaban J connectivity index is 1.49. The Hall–Kier alpha value is -1.73. The van der Waals surface area contributed by atoms with Crippen LogP contribution >= 0.6 is 0 Å². The Labute approximate surface area is 148 Å². The highest BCUT2D eigenvalue weighted by molar-refractivity contribution is 5.09. The molecule has 0 spiro atoms. The van der Waals surface area contributed by atoms with Crippen LogP contribution in [-0.2, 0) is 4.74 Å². The summed E-state index contributed by atoms with van der Waals surface area (Å²) in [7, 11) is 0. The second kappa shape index (κ2) is 7.25. The first-order valence-electron chi connectivity index (χ1n) is 9.42. The number of furan rings is 1. The van der Waals surface area contributed by atoms with Gasteiger partial charge in [0.2, 0.25) is 0 Å². The fourth-order valence-corrected chi connectivity index (χ4v) is 4.04. The minimum absolute atomic E-state index is 0.0242. The molecule has 136 valence electrons. The van der Waals surface area contributed by atoms with Crippen molar-refractivity contribution in [1.29, 1.82) is 0 Å². The predicted octanol–water partition coefficient (Wildman–Crippen LogP) is 3.21. The molecule has 7 nitrogen and oxygen atoms in total. The van der Waals surface area contributed by atoms with Crippen molar-refractivity contribution in [3.8, 4) is 0 Å². The van der Waals surface area contributed by atoms with Crippen LogP contribution in [0.2, 0.25) is 0 Å². The van der Waals surface area contributed by atoms with Gasteiger partial charge in [-0.25, -0.2) is 4.68 Å². The van der Waals surface area contributed by atoms with E-state index in [1.54, 1.807) is 0 Å². The molecule has 2 aromatic rings. The molecule has 1 aliphatic carbocycles. The van der Waals surface area contributed by atoms with E-state index in [0.717, 1.165) is 30.4 Å². The molecule has 7 heteroatoms. The van der Waals surface area contributed by atoms with Gasteiger partial charge in [0.05, 0.1) is 18.7 Å². The number of rotatable bonds is 4. The zero-order chi connectivity index (χ0) is 17.2. The van der Waals surface area contributed by atoms with Crippen LogP contribution in [0, 0.1) is 6.92 Å². The summed E-state index contributed by atoms with van der Waals surface area (Å²) in [6.45, 7) is 6.53. The van der Waals surface area contributed by atoms with Gasteiger partial charge in [-0.2, -0.15) is 0 Å². The molecule has 2 aromatic heterocycles. The number of ether oxygens (including phenoxy) is 1. The molecule has 2 aliphatic rings. The van der Waals surface area contributed by atoms with Gasteiger partial charge >= 0.3 is 0 Å². The molecule has 2 atom stereocenters. The second-order valence-electron chi connectivity index (χ2n) is 7.25. The smallest absolute Gasteiger partial charge is 0.168 e. The van der Waals surface area contributed by atoms with Crippen LogP contribution in [0.5, 0.6) is 0 Å². The average Bonchev–Trinajstić information content (AvgIpc) is 3.31. The fourth-order valence-electron chi connectivity index (χ4n) is 4.04. The second-order valence-corrected chi connectivity index (χ2v) is 7.25. The standard InChI is InChI=1S/C18H27N5O2/c1-13-8-9-16(25-13)17-12-22(10-11-24-17)14(2)18-19-20-21-23(18)15-6-4-3-5-7-15/h8-9,14-15,17H,3-7,10-12H2,1-2H3/t14-,17+/m1/s1. The molecule has 4 rings (SSSR count). The van der Waals surface area contributed by atoms with Gasteiger partial charge < -0.3 is 9.15 Å². The van der Waals surface area contributed by atoms with Crippen molar-refractivity contribution in [1.82, 2.24) is 25.1 Å². The summed E-state index contributed by atoms with van der Waals surface area (Å²) in [6, 6.07) is 4.62. The minimum atomic E-state index is -0.0242. The maximum Gasteiger partial charge on any atom is 0.168 e. The molecule has 1 aliphatic heterocycles. The normalized spacial score (nSPS) is 24.5. The van der Waals surface area contributed by atoms with Gasteiger partial charge in [0, 0.05) is 13.1 Å². The van der Waals surface area contributed by atoms with Gasteiger partial charge in [0.25, 0.3) is 0 Å². The third-order valence-corrected chi connectivity index (χ3v) is 5.54. The molecule has 0 radical (unpaired) electrons. The zero-order valence-corrected chi connectivity index (χ0v) is 15.1. The first-order valence-corrected chi connectivity index (χ1v) is 9.42. The summed E-state index contributed by atoms with van der Waals surface area (Å²) in [4.78, 5) is 2.40. The molecule has 3 heterocycles. The predicted molar refractivity (Wildman–Crippen MR) is 92.1 cm³/mol. The number of hydrogen-bond donors (Lipinski definition) is 0. The van der Waals surface area contributed by atoms with Gasteiger partial charge in [-0.3, -0.25) is 4.90 Å². The topological polar surface area (TPSA) is 69.2 Å². The monoisotopic (exact) mass is 345 g/mol. The Morgan fingerprint density at radius 1 is 1.20 bits per heavy atom. The van der Waals surface area contributed by atoms with Crippen LogP contribution in [-0.4, -0.2) is 44.8 Å². The molecule has 0 amide bonds. The molecular weight excluding hydrogens is 318 g/mol. The lowest BCUT2D eigenvalue weighted by atomic mass is 9.95. The lowest BCUT2D eigenvalue weighted by molar-refractivity contribution is -0.0542. The van der Waals surface area contributed by atoms with E-state index in [9.17, 15) is 0 Å². The molecule has 1 saturated heterocycles. The highest BCUT2D eigenvalue weighted by Gasteiger charge is 2.31. The fraction of sp³-hybridized carbons (Fsp3) is 0.722. The Kier molecular flexibility index (Phi) is 4.85. The Morgan fingerprint density at radius 2 is 2.04 bits per heavy atom. The van der Waals surface area contributed by atoms with Crippen molar-refractivity contribution in [2.24, 2.45) is 0 Å². The zero-order valence-electron chi connectivity index (χ0n) is 15.1. The summed E-state index contributed by atoms with van der Waals surface area (Å²) >= 11 is 0. The highest BCUT2D eigenvalue weighted by atomic mass is 16.5. The number of tetrazole rings is 1. The minimum Gasteiger partial charge on any atom is -0.464 e. The third kappa shape index (κ3) is 3.48. The van der Waals surface area contributed by atoms with E-state index >= 15 is 0 Å². The molecule has 25 heavy (non-hydrogen) atoms. The number of hydrogen-bond acceptors (Lipinski definition) is 6. The van der Waals surface area contributed by atoms with E-state index in [-0.39, 0.29) is 12.1 Å². The van der Waals surface area contributed by atoms with Gasteiger partial charge in [-0.15, -0.1) is 5.10 Å². The quantitative estimate of drug-likeness (QED) is 0.847. The summed E-state index contributed by atoms with van der Waals surface area (Å²) in [6.07, 6.45) is 6.22. The summed E-state index contributed by atoms with van der Waals surface area (Å²) < 4.78 is 13.8. The average molecular weight is 345 g/mol. The van der Waals surface area contributed by atoms with Gasteiger partial charge in [0.15, 0.2) is 5.82 Å². The summed E-state index contributed by atoms with van der Waals surface area (Å²) in [5.74, 6) is 2.80. The number of nitrogens with zero attached hydrogens (tertiary/aromatic N) is 5. The Morgan fingerprint density at radius 3 is 2.80 bits per heavy atom. The first kappa shape index (κ1) is 16.7. The van der Waals surface area contributed by atoms with E-state index in [1.165, 1.54) is 32.1 Å². The highest BCUT2D eigenvalue weighted by Crippen LogP contribution is 2.32. The number of morpholine rings is 1. The number of aromatic nitrogens is 4. The van der Waals surface area contributed by atoms with E-state index in [0.29, 0.717) is 12.6 Å². The van der Waals surface area contributed by atoms with Gasteiger partial charge in [-0.05, 0) is 49.2 Å². The maximum atomic E-state index is 5.93. The largest absolute Gasteiger partial charge is 0.464 e. The van der Waals surface area contributed by atoms with Crippen LogP contribution < -0.4 is 0 Å². The molecular formula is C18H27N5O2. The number of aryl methyl sites for hydroxylation is 1. The van der Waals surface area contributed by atoms with E-state index in [2.05, 4.69) is 32.0 Å². The Bertz CT molecular complexity index is 691. The van der Waals surface area contributed by atoms with Gasteiger partial charge in [-0.1, -0.05) is 19.3 Å². The lowest BCUT2D eigenvalue weighted by Gasteiger charge is -2.36. The summed E-state index contributed by atoms with van der Waals surface area (Å²) in [5, 5.41) is 12.7. The summed E-state index contributed by atoms with van der Waals surface area (Å²) in [5.41, 5.74) is 0. The van der Waals surface area contributed by atoms with Crippen molar-refractivity contribution in [3.63, 3.8) is 0 Å². The molecule has 2 fully saturated rings. The van der Waals surface area contributed by atoms with Crippen molar-refractivity contribution >= 4 is 0 Å². The van der Waals surface area contributed by atoms with Gasteiger partial charge in [0.1, 0.15) is 17.6 Å². The molecule has 0 aromatic carbocycles. The van der Waals surface area contributed by atoms with Crippen LogP contribution in [0.3, 0.4) is 0 Å². The van der Waals surface area contributed by atoms with E-state index in [1.807, 2.05) is 19.1 Å². The van der Waals surface area contributed by atoms with Crippen molar-refractivity contribution in [2.75, 3.05) is 19.7 Å². The van der Waals surface area contributed by atoms with Crippen LogP contribution in [0.15, 0.2) is 16.5 Å². The maximum absolute atomic E-state index is 5.93. The lowest BCUT2D eigenvalue weighted by Crippen LogP contribution is -2.40. The van der Waals surface area contributed by atoms with E-state index < -0.39 is 0 Å². The third-order valence-electron chi connectivity index (χ3n) is 5.54. The van der Waals surface area contributed by atoms with Crippen LogP contribution in [0.4, 0.5) is 0 Å². The molecule has 0 unspecified atom stereocenters. The van der Waals surface area contributed by atoms with E-state index in [4.69, 9.17) is 9.15 Å². The van der Waals surface area contributed by atoms with Crippen molar-refractivity contribution < 1.29 is 9.15 Å². The van der Waals surface area contributed by atoms with Crippen molar-refractivity contribution in [2.45, 2.75) is 64.1 Å². The molecule has 0 N–H and O–H groups in total.